The Morgan fingerprint density at radius 2 is 2.04 bits per heavy atom. The van der Waals surface area contributed by atoms with Gasteiger partial charge in [0.2, 0.25) is 5.91 Å². The molecule has 0 fully saturated rings. The predicted octanol–water partition coefficient (Wildman–Crippen LogP) is 3.54. The first-order valence-corrected chi connectivity index (χ1v) is 8.56. The van der Waals surface area contributed by atoms with Crippen LogP contribution in [0.15, 0.2) is 36.4 Å². The summed E-state index contributed by atoms with van der Waals surface area (Å²) in [4.78, 5) is 26.7. The average Bonchev–Trinajstić information content (AvgIpc) is 2.96. The van der Waals surface area contributed by atoms with E-state index in [0.29, 0.717) is 23.7 Å². The van der Waals surface area contributed by atoms with Gasteiger partial charge in [-0.2, -0.15) is 0 Å². The molecule has 3 rings (SSSR count). The van der Waals surface area contributed by atoms with E-state index in [2.05, 4.69) is 0 Å². The third-order valence-electron chi connectivity index (χ3n) is 4.06. The zero-order valence-electron chi connectivity index (χ0n) is 12.4. The molecular weight excluding hydrogens is 334 g/mol. The number of carbonyl (C=O) groups is 2. The van der Waals surface area contributed by atoms with E-state index in [-0.39, 0.29) is 12.5 Å². The number of aliphatic carboxylic acids is 1. The topological polar surface area (TPSA) is 57.6 Å². The summed E-state index contributed by atoms with van der Waals surface area (Å²) in [5.74, 6) is -1.56. The van der Waals surface area contributed by atoms with E-state index in [0.717, 1.165) is 16.0 Å². The van der Waals surface area contributed by atoms with Crippen LogP contribution in [0.3, 0.4) is 0 Å². The zero-order chi connectivity index (χ0) is 16.4. The first-order valence-electron chi connectivity index (χ1n) is 7.37. The van der Waals surface area contributed by atoms with Gasteiger partial charge in [-0.05, 0) is 29.7 Å². The highest BCUT2D eigenvalue weighted by molar-refractivity contribution is 7.16. The fraction of sp³-hybridized carbons (Fsp3) is 0.294. The largest absolute Gasteiger partial charge is 0.481 e. The van der Waals surface area contributed by atoms with Gasteiger partial charge in [0, 0.05) is 24.4 Å². The summed E-state index contributed by atoms with van der Waals surface area (Å²) in [6.45, 7) is 0.709. The first-order chi connectivity index (χ1) is 11.0. The molecule has 1 atom stereocenters. The van der Waals surface area contributed by atoms with Crippen LogP contribution in [0, 0.1) is 0 Å². The molecule has 6 heteroatoms. The number of carbonyl (C=O) groups excluding carboxylic acids is 1. The van der Waals surface area contributed by atoms with Crippen molar-refractivity contribution in [2.75, 3.05) is 6.54 Å². The Balaban J connectivity index is 1.71. The van der Waals surface area contributed by atoms with Crippen LogP contribution >= 0.6 is 22.9 Å². The van der Waals surface area contributed by atoms with Crippen LogP contribution in [-0.2, 0) is 22.6 Å². The lowest BCUT2D eigenvalue weighted by Gasteiger charge is -2.32. The molecule has 1 N–H and O–H groups in total. The molecule has 1 aromatic heterocycles. The maximum atomic E-state index is 12.5. The Morgan fingerprint density at radius 3 is 2.74 bits per heavy atom. The highest BCUT2D eigenvalue weighted by Gasteiger charge is 2.32. The van der Waals surface area contributed by atoms with Crippen LogP contribution in [0.2, 0.25) is 4.34 Å². The number of thiophene rings is 1. The minimum Gasteiger partial charge on any atom is -0.481 e. The maximum absolute atomic E-state index is 12.5. The Bertz CT molecular complexity index is 743. The van der Waals surface area contributed by atoms with Gasteiger partial charge >= 0.3 is 5.97 Å². The van der Waals surface area contributed by atoms with Crippen molar-refractivity contribution in [2.45, 2.75) is 25.3 Å². The second-order valence-electron chi connectivity index (χ2n) is 5.57. The van der Waals surface area contributed by atoms with Crippen molar-refractivity contribution in [3.8, 4) is 0 Å². The highest BCUT2D eigenvalue weighted by Crippen LogP contribution is 2.29. The second-order valence-corrected chi connectivity index (χ2v) is 7.37. The number of amides is 1. The van der Waals surface area contributed by atoms with Crippen molar-refractivity contribution < 1.29 is 14.7 Å². The van der Waals surface area contributed by atoms with Crippen molar-refractivity contribution in [3.05, 3.63) is 56.7 Å². The van der Waals surface area contributed by atoms with E-state index < -0.39 is 11.9 Å². The van der Waals surface area contributed by atoms with Gasteiger partial charge in [0.25, 0.3) is 0 Å². The SMILES string of the molecule is O=C(O)C1CN(C(=O)CCc2ccc(Cl)s2)Cc2ccccc21. The third kappa shape index (κ3) is 3.57. The molecule has 0 saturated carbocycles. The van der Waals surface area contributed by atoms with Crippen LogP contribution in [0.4, 0.5) is 0 Å². The molecular formula is C17H16ClNO3S. The van der Waals surface area contributed by atoms with E-state index >= 15 is 0 Å². The molecule has 4 nitrogen and oxygen atoms in total. The van der Waals surface area contributed by atoms with Gasteiger partial charge in [-0.1, -0.05) is 35.9 Å². The second kappa shape index (κ2) is 6.72. The molecule has 1 aliphatic heterocycles. The molecule has 0 radical (unpaired) electrons. The van der Waals surface area contributed by atoms with Crippen molar-refractivity contribution >= 4 is 34.8 Å². The number of rotatable bonds is 4. The number of fused-ring (bicyclic) bond motifs is 1. The molecule has 1 aliphatic rings. The molecule has 0 aliphatic carbocycles. The van der Waals surface area contributed by atoms with Crippen molar-refractivity contribution in [1.82, 2.24) is 4.90 Å². The minimum atomic E-state index is -0.889. The van der Waals surface area contributed by atoms with Crippen LogP contribution in [0.1, 0.15) is 28.3 Å². The Kier molecular flexibility index (Phi) is 4.68. The average molecular weight is 350 g/mol. The molecule has 1 amide bonds. The van der Waals surface area contributed by atoms with Gasteiger partial charge in [-0.3, -0.25) is 9.59 Å². The Morgan fingerprint density at radius 1 is 1.26 bits per heavy atom. The summed E-state index contributed by atoms with van der Waals surface area (Å²) < 4.78 is 0.713. The van der Waals surface area contributed by atoms with Crippen LogP contribution in [0.5, 0.6) is 0 Å². The molecule has 120 valence electrons. The van der Waals surface area contributed by atoms with E-state index in [9.17, 15) is 14.7 Å². The fourth-order valence-electron chi connectivity index (χ4n) is 2.88. The zero-order valence-corrected chi connectivity index (χ0v) is 13.9. The third-order valence-corrected chi connectivity index (χ3v) is 5.35. The standard InChI is InChI=1S/C17H16ClNO3S/c18-15-7-5-12(23-15)6-8-16(20)19-9-11-3-1-2-4-13(11)14(10-19)17(21)22/h1-5,7,14H,6,8-10H2,(H,21,22). The van der Waals surface area contributed by atoms with Crippen LogP contribution < -0.4 is 0 Å². The molecule has 2 heterocycles. The molecule has 0 saturated heterocycles. The lowest BCUT2D eigenvalue weighted by Crippen LogP contribution is -2.40. The Labute approximate surface area is 143 Å². The van der Waals surface area contributed by atoms with Crippen molar-refractivity contribution in [1.29, 1.82) is 0 Å². The quantitative estimate of drug-likeness (QED) is 0.918. The normalized spacial score (nSPS) is 16.9. The summed E-state index contributed by atoms with van der Waals surface area (Å²) in [6.07, 6.45) is 0.997. The van der Waals surface area contributed by atoms with Crippen LogP contribution in [-0.4, -0.2) is 28.4 Å². The van der Waals surface area contributed by atoms with E-state index in [4.69, 9.17) is 11.6 Å². The predicted molar refractivity (Wildman–Crippen MR) is 89.9 cm³/mol. The van der Waals surface area contributed by atoms with Gasteiger partial charge in [0.1, 0.15) is 0 Å². The molecule has 0 spiro atoms. The van der Waals surface area contributed by atoms with Gasteiger partial charge in [-0.25, -0.2) is 0 Å². The lowest BCUT2D eigenvalue weighted by atomic mass is 9.89. The molecule has 1 aromatic carbocycles. The van der Waals surface area contributed by atoms with Crippen LogP contribution in [0.25, 0.3) is 0 Å². The number of carboxylic acids is 1. The molecule has 0 bridgehead atoms. The smallest absolute Gasteiger partial charge is 0.312 e. The number of aryl methyl sites for hydroxylation is 1. The van der Waals surface area contributed by atoms with Gasteiger partial charge in [-0.15, -0.1) is 11.3 Å². The van der Waals surface area contributed by atoms with Gasteiger partial charge in [0.05, 0.1) is 10.3 Å². The maximum Gasteiger partial charge on any atom is 0.312 e. The monoisotopic (exact) mass is 349 g/mol. The number of carboxylic acid groups (broad SMARTS) is 1. The molecule has 2 aromatic rings. The minimum absolute atomic E-state index is 0.0183. The molecule has 23 heavy (non-hydrogen) atoms. The summed E-state index contributed by atoms with van der Waals surface area (Å²) in [5.41, 5.74) is 1.73. The Hall–Kier alpha value is -1.85. The van der Waals surface area contributed by atoms with E-state index in [1.807, 2.05) is 36.4 Å². The fourth-order valence-corrected chi connectivity index (χ4v) is 3.97. The molecule has 1 unspecified atom stereocenters. The number of nitrogens with zero attached hydrogens (tertiary/aromatic N) is 1. The summed E-state index contributed by atoms with van der Waals surface area (Å²) >= 11 is 7.36. The van der Waals surface area contributed by atoms with Gasteiger partial charge < -0.3 is 10.0 Å². The first kappa shape index (κ1) is 16.0. The summed E-state index contributed by atoms with van der Waals surface area (Å²) in [6, 6.07) is 11.2. The number of benzene rings is 1. The highest BCUT2D eigenvalue weighted by atomic mass is 35.5. The van der Waals surface area contributed by atoms with E-state index in [1.54, 1.807) is 4.90 Å². The van der Waals surface area contributed by atoms with E-state index in [1.165, 1.54) is 11.3 Å². The number of halogens is 1. The summed E-state index contributed by atoms with van der Waals surface area (Å²) in [5, 5.41) is 9.44. The number of hydrogen-bond acceptors (Lipinski definition) is 3. The van der Waals surface area contributed by atoms with Gasteiger partial charge in [0.15, 0.2) is 0 Å². The lowest BCUT2D eigenvalue weighted by molar-refractivity contribution is -0.141. The van der Waals surface area contributed by atoms with Crippen molar-refractivity contribution in [3.63, 3.8) is 0 Å². The summed E-state index contributed by atoms with van der Waals surface area (Å²) in [7, 11) is 0. The van der Waals surface area contributed by atoms with Crippen molar-refractivity contribution in [2.24, 2.45) is 0 Å². The number of hydrogen-bond donors (Lipinski definition) is 1.